The van der Waals surface area contributed by atoms with E-state index in [0.29, 0.717) is 41.1 Å². The number of hydrogen-bond donors (Lipinski definition) is 1. The molecule has 0 saturated heterocycles. The monoisotopic (exact) mass is 433 g/mol. The van der Waals surface area contributed by atoms with Crippen LogP contribution in [0.4, 0.5) is 5.69 Å². The van der Waals surface area contributed by atoms with Crippen LogP contribution in [-0.2, 0) is 11.3 Å². The molecule has 6 nitrogen and oxygen atoms in total. The summed E-state index contributed by atoms with van der Waals surface area (Å²) in [4.78, 5) is 12.1. The highest BCUT2D eigenvalue weighted by molar-refractivity contribution is 6.35. The van der Waals surface area contributed by atoms with E-state index in [0.717, 1.165) is 17.3 Å². The van der Waals surface area contributed by atoms with Crippen LogP contribution in [0.1, 0.15) is 26.2 Å². The van der Waals surface area contributed by atoms with Crippen LogP contribution in [0.15, 0.2) is 52.7 Å². The molecule has 0 aliphatic heterocycles. The predicted octanol–water partition coefficient (Wildman–Crippen LogP) is 6.53. The number of hydrogen-bond acceptors (Lipinski definition) is 4. The Morgan fingerprint density at radius 3 is 2.76 bits per heavy atom. The Hall–Kier alpha value is -2.57. The summed E-state index contributed by atoms with van der Waals surface area (Å²) in [5, 5.41) is 20.0. The van der Waals surface area contributed by atoms with Crippen molar-refractivity contribution in [3.8, 4) is 11.6 Å². The summed E-state index contributed by atoms with van der Waals surface area (Å²) in [6.45, 7) is 2.99. The Morgan fingerprint density at radius 1 is 1.21 bits per heavy atom. The van der Waals surface area contributed by atoms with Crippen LogP contribution in [0.5, 0.6) is 11.6 Å². The van der Waals surface area contributed by atoms with Crippen LogP contribution in [0.3, 0.4) is 0 Å². The van der Waals surface area contributed by atoms with Gasteiger partial charge < -0.3 is 14.4 Å². The smallest absolute Gasteiger partial charge is 0.264 e. The zero-order valence-electron chi connectivity index (χ0n) is 15.9. The van der Waals surface area contributed by atoms with E-state index < -0.39 is 0 Å². The third-order valence-electron chi connectivity index (χ3n) is 4.31. The number of nitrogens with zero attached hydrogens (tertiary/aromatic N) is 3. The Labute approximate surface area is 178 Å². The largest absolute Gasteiger partial charge is 0.493 e. The summed E-state index contributed by atoms with van der Waals surface area (Å²) >= 11 is 11.9. The maximum absolute atomic E-state index is 12.1. The summed E-state index contributed by atoms with van der Waals surface area (Å²) in [5.74, 6) is 0.145. The molecule has 0 atom stereocenters. The molecule has 8 heteroatoms. The van der Waals surface area contributed by atoms with Crippen molar-refractivity contribution in [3.05, 3.63) is 52.5 Å². The zero-order valence-corrected chi connectivity index (χ0v) is 17.5. The zero-order chi connectivity index (χ0) is 20.8. The normalized spacial score (nSPS) is 11.4. The number of para-hydroxylation sites is 1. The maximum Gasteiger partial charge on any atom is 0.264 e. The molecule has 0 aliphatic rings. The Morgan fingerprint density at radius 2 is 2.00 bits per heavy atom. The first-order valence-electron chi connectivity index (χ1n) is 9.34. The second kappa shape index (κ2) is 9.76. The first-order valence-corrected chi connectivity index (χ1v) is 10.1. The van der Waals surface area contributed by atoms with Gasteiger partial charge in [-0.15, -0.1) is 10.2 Å². The van der Waals surface area contributed by atoms with Crippen LogP contribution < -0.4 is 4.74 Å². The topological polar surface area (TPSA) is 76.2 Å². The number of rotatable bonds is 8. The average Bonchev–Trinajstić information content (AvgIpc) is 2.97. The molecule has 1 amide bonds. The van der Waals surface area contributed by atoms with Crippen molar-refractivity contribution in [1.82, 2.24) is 4.57 Å². The second-order valence-electron chi connectivity index (χ2n) is 6.46. The number of carbonyl (C=O) groups is 1. The summed E-state index contributed by atoms with van der Waals surface area (Å²) in [7, 11) is 0. The lowest BCUT2D eigenvalue weighted by Crippen LogP contribution is -2.01. The van der Waals surface area contributed by atoms with E-state index >= 15 is 0 Å². The molecule has 2 aromatic carbocycles. The van der Waals surface area contributed by atoms with Crippen LogP contribution in [0, 0.1) is 0 Å². The van der Waals surface area contributed by atoms with E-state index in [9.17, 15) is 9.90 Å². The number of carbonyl (C=O) groups excluding carboxylic acids is 1. The summed E-state index contributed by atoms with van der Waals surface area (Å²) in [5.41, 5.74) is 1.17. The number of amides is 1. The van der Waals surface area contributed by atoms with E-state index in [1.54, 1.807) is 22.8 Å². The number of ether oxygens (including phenoxy) is 1. The number of fused-ring (bicyclic) bond motifs is 1. The van der Waals surface area contributed by atoms with Crippen molar-refractivity contribution in [1.29, 1.82) is 0 Å². The fourth-order valence-electron chi connectivity index (χ4n) is 2.97. The molecule has 0 bridgehead atoms. The van der Waals surface area contributed by atoms with E-state index in [2.05, 4.69) is 10.2 Å². The van der Waals surface area contributed by atoms with Gasteiger partial charge in [-0.25, -0.2) is 0 Å². The molecule has 1 heterocycles. The molecule has 0 radical (unpaired) electrons. The van der Waals surface area contributed by atoms with Gasteiger partial charge in [-0.05, 0) is 37.1 Å². The Balaban J connectivity index is 1.60. The molecular weight excluding hydrogens is 413 g/mol. The standard InChI is InChI=1S/C21H21Cl2N3O3/c1-2-11-26-17-7-4-3-6-15(17)20(21(26)28)25-24-19(27)8-5-12-29-18-10-9-14(22)13-16(18)23/h3-4,6-7,9-10,13,28H,2,5,8,11-12H2,1H3. The molecule has 3 aromatic rings. The minimum Gasteiger partial charge on any atom is -0.493 e. The molecule has 152 valence electrons. The number of aromatic hydroxyl groups is 1. The minimum absolute atomic E-state index is 0.0188. The highest BCUT2D eigenvalue weighted by Crippen LogP contribution is 2.38. The quantitative estimate of drug-likeness (QED) is 0.323. The van der Waals surface area contributed by atoms with Crippen LogP contribution in [-0.4, -0.2) is 22.2 Å². The third-order valence-corrected chi connectivity index (χ3v) is 4.84. The van der Waals surface area contributed by atoms with Gasteiger partial charge in [-0.1, -0.05) is 48.3 Å². The highest BCUT2D eigenvalue weighted by Gasteiger charge is 2.16. The summed E-state index contributed by atoms with van der Waals surface area (Å²) in [6, 6.07) is 12.5. The maximum atomic E-state index is 12.1. The number of aryl methyl sites for hydroxylation is 1. The molecule has 0 saturated carbocycles. The Kier molecular flexibility index (Phi) is 7.12. The van der Waals surface area contributed by atoms with Gasteiger partial charge in [0.2, 0.25) is 5.88 Å². The molecule has 1 N–H and O–H groups in total. The molecular formula is C21H21Cl2N3O3. The van der Waals surface area contributed by atoms with Gasteiger partial charge in [0.15, 0.2) is 5.69 Å². The summed E-state index contributed by atoms with van der Waals surface area (Å²) < 4.78 is 7.33. The number of azo groups is 1. The van der Waals surface area contributed by atoms with Gasteiger partial charge in [0.05, 0.1) is 17.1 Å². The van der Waals surface area contributed by atoms with Crippen molar-refractivity contribution in [3.63, 3.8) is 0 Å². The molecule has 0 fully saturated rings. The lowest BCUT2D eigenvalue weighted by molar-refractivity contribution is -0.118. The first kappa shape index (κ1) is 21.1. The molecule has 3 rings (SSSR count). The molecule has 0 aliphatic carbocycles. The van der Waals surface area contributed by atoms with Crippen LogP contribution in [0.2, 0.25) is 10.0 Å². The van der Waals surface area contributed by atoms with E-state index in [4.69, 9.17) is 27.9 Å². The third kappa shape index (κ3) is 5.08. The van der Waals surface area contributed by atoms with Crippen molar-refractivity contribution in [2.75, 3.05) is 6.61 Å². The second-order valence-corrected chi connectivity index (χ2v) is 7.31. The van der Waals surface area contributed by atoms with E-state index in [1.165, 1.54) is 0 Å². The molecule has 0 spiro atoms. The molecule has 29 heavy (non-hydrogen) atoms. The number of halogens is 2. The molecule has 0 unspecified atom stereocenters. The van der Waals surface area contributed by atoms with Gasteiger partial charge in [0, 0.05) is 23.4 Å². The first-order chi connectivity index (χ1) is 14.0. The average molecular weight is 434 g/mol. The van der Waals surface area contributed by atoms with Gasteiger partial charge in [0.1, 0.15) is 5.75 Å². The van der Waals surface area contributed by atoms with Crippen molar-refractivity contribution in [2.24, 2.45) is 10.2 Å². The molecule has 1 aromatic heterocycles. The number of aromatic nitrogens is 1. The van der Waals surface area contributed by atoms with Gasteiger partial charge in [-0.2, -0.15) is 0 Å². The minimum atomic E-state index is -0.387. The van der Waals surface area contributed by atoms with Crippen molar-refractivity contribution < 1.29 is 14.6 Å². The lowest BCUT2D eigenvalue weighted by Gasteiger charge is -2.07. The fourth-order valence-corrected chi connectivity index (χ4v) is 3.44. The summed E-state index contributed by atoms with van der Waals surface area (Å²) in [6.07, 6.45) is 1.49. The fraction of sp³-hybridized carbons (Fsp3) is 0.286. The van der Waals surface area contributed by atoms with Crippen molar-refractivity contribution in [2.45, 2.75) is 32.7 Å². The lowest BCUT2D eigenvalue weighted by atomic mass is 10.2. The van der Waals surface area contributed by atoms with E-state index in [-0.39, 0.29) is 18.2 Å². The van der Waals surface area contributed by atoms with Gasteiger partial charge in [-0.3, -0.25) is 4.79 Å². The Bertz CT molecular complexity index is 1050. The van der Waals surface area contributed by atoms with Crippen LogP contribution >= 0.6 is 23.2 Å². The van der Waals surface area contributed by atoms with E-state index in [1.807, 2.05) is 31.2 Å². The highest BCUT2D eigenvalue weighted by atomic mass is 35.5. The van der Waals surface area contributed by atoms with Crippen LogP contribution in [0.25, 0.3) is 10.9 Å². The SMILES string of the molecule is CCCn1c(O)c(N=NC(=O)CCCOc2ccc(Cl)cc2Cl)c2ccccc21. The van der Waals surface area contributed by atoms with Gasteiger partial charge >= 0.3 is 0 Å². The van der Waals surface area contributed by atoms with Gasteiger partial charge in [0.25, 0.3) is 5.91 Å². The van der Waals surface area contributed by atoms with Crippen molar-refractivity contribution >= 4 is 45.7 Å². The number of benzene rings is 2. The predicted molar refractivity (Wildman–Crippen MR) is 115 cm³/mol.